The maximum Gasteiger partial charge on any atom is 0.183 e. The predicted molar refractivity (Wildman–Crippen MR) is 92.2 cm³/mol. The van der Waals surface area contributed by atoms with Crippen molar-refractivity contribution in [1.82, 2.24) is 4.98 Å². The molecule has 1 unspecified atom stereocenters. The number of thiazole rings is 1. The van der Waals surface area contributed by atoms with Gasteiger partial charge in [-0.25, -0.2) is 4.98 Å². The Labute approximate surface area is 129 Å². The minimum Gasteiger partial charge on any atom is -0.359 e. The highest BCUT2D eigenvalue weighted by atomic mass is 32.1. The van der Waals surface area contributed by atoms with Gasteiger partial charge in [0.15, 0.2) is 5.13 Å². The Morgan fingerprint density at radius 1 is 1.14 bits per heavy atom. The van der Waals surface area contributed by atoms with Crippen molar-refractivity contribution in [2.24, 2.45) is 0 Å². The normalized spacial score (nSPS) is 12.5. The van der Waals surface area contributed by atoms with E-state index >= 15 is 0 Å². The molecule has 1 heterocycles. The number of aryl methyl sites for hydroxylation is 2. The lowest BCUT2D eigenvalue weighted by atomic mass is 10.1. The van der Waals surface area contributed by atoms with Crippen LogP contribution in [-0.4, -0.2) is 11.0 Å². The summed E-state index contributed by atoms with van der Waals surface area (Å²) in [5.74, 6) is 0. The number of nitrogens with zero attached hydrogens (tertiary/aromatic N) is 1. The fraction of sp³-hybridized carbons (Fsp3) is 0.278. The number of aromatic nitrogens is 1. The number of hydrogen-bond acceptors (Lipinski definition) is 3. The van der Waals surface area contributed by atoms with Gasteiger partial charge in [-0.05, 0) is 49.9 Å². The zero-order valence-corrected chi connectivity index (χ0v) is 13.3. The molecule has 108 valence electrons. The van der Waals surface area contributed by atoms with Crippen LogP contribution in [0.4, 0.5) is 5.13 Å². The van der Waals surface area contributed by atoms with Gasteiger partial charge < -0.3 is 5.32 Å². The van der Waals surface area contributed by atoms with Gasteiger partial charge in [0.1, 0.15) is 0 Å². The molecule has 0 saturated heterocycles. The highest BCUT2D eigenvalue weighted by molar-refractivity contribution is 7.22. The van der Waals surface area contributed by atoms with Crippen LogP contribution in [0.1, 0.15) is 24.5 Å². The minimum absolute atomic E-state index is 0.423. The average Bonchev–Trinajstić information content (AvgIpc) is 2.87. The molecule has 1 aromatic heterocycles. The molecule has 2 aromatic carbocycles. The Hall–Kier alpha value is -1.87. The largest absolute Gasteiger partial charge is 0.359 e. The van der Waals surface area contributed by atoms with E-state index < -0.39 is 0 Å². The predicted octanol–water partition coefficient (Wildman–Crippen LogP) is 5.04. The molecule has 0 aliphatic rings. The van der Waals surface area contributed by atoms with Gasteiger partial charge in [0, 0.05) is 6.04 Å². The molecule has 2 nitrogen and oxygen atoms in total. The minimum atomic E-state index is 0.423. The van der Waals surface area contributed by atoms with Crippen LogP contribution in [-0.2, 0) is 6.42 Å². The van der Waals surface area contributed by atoms with Gasteiger partial charge in [-0.3, -0.25) is 0 Å². The summed E-state index contributed by atoms with van der Waals surface area (Å²) >= 11 is 1.73. The van der Waals surface area contributed by atoms with Crippen molar-refractivity contribution in [2.45, 2.75) is 32.7 Å². The van der Waals surface area contributed by atoms with E-state index in [1.54, 1.807) is 11.3 Å². The molecule has 21 heavy (non-hydrogen) atoms. The number of rotatable bonds is 5. The number of anilines is 1. The number of nitrogens with one attached hydrogen (secondary N) is 1. The third kappa shape index (κ3) is 3.61. The molecule has 0 bridgehead atoms. The van der Waals surface area contributed by atoms with Crippen molar-refractivity contribution in [3.8, 4) is 0 Å². The van der Waals surface area contributed by atoms with Gasteiger partial charge in [0.25, 0.3) is 0 Å². The molecule has 1 atom stereocenters. The van der Waals surface area contributed by atoms with E-state index in [0.717, 1.165) is 23.5 Å². The van der Waals surface area contributed by atoms with E-state index in [-0.39, 0.29) is 0 Å². The molecule has 0 saturated carbocycles. The summed E-state index contributed by atoms with van der Waals surface area (Å²) in [7, 11) is 0. The average molecular weight is 296 g/mol. The first-order chi connectivity index (χ1) is 10.2. The molecule has 0 spiro atoms. The second-order valence-corrected chi connectivity index (χ2v) is 6.59. The molecule has 3 rings (SSSR count). The summed E-state index contributed by atoms with van der Waals surface area (Å²) in [6.07, 6.45) is 2.21. The fourth-order valence-electron chi connectivity index (χ4n) is 2.41. The van der Waals surface area contributed by atoms with Crippen LogP contribution in [0.2, 0.25) is 0 Å². The Bertz CT molecular complexity index is 718. The molecule has 0 fully saturated rings. The Kier molecular flexibility index (Phi) is 4.20. The van der Waals surface area contributed by atoms with Crippen molar-refractivity contribution in [3.63, 3.8) is 0 Å². The lowest BCUT2D eigenvalue weighted by Gasteiger charge is -2.12. The number of benzene rings is 2. The highest BCUT2D eigenvalue weighted by Crippen LogP contribution is 2.27. The molecule has 0 aliphatic heterocycles. The molecule has 3 heteroatoms. The van der Waals surface area contributed by atoms with E-state index in [0.29, 0.717) is 6.04 Å². The van der Waals surface area contributed by atoms with Crippen LogP contribution in [0.5, 0.6) is 0 Å². The lowest BCUT2D eigenvalue weighted by Crippen LogP contribution is -2.15. The SMILES string of the molecule is Cc1ccc2sc(NC(C)CCc3ccccc3)nc2c1. The Morgan fingerprint density at radius 2 is 1.95 bits per heavy atom. The smallest absolute Gasteiger partial charge is 0.183 e. The van der Waals surface area contributed by atoms with Gasteiger partial charge in [-0.1, -0.05) is 47.7 Å². The zero-order chi connectivity index (χ0) is 14.7. The van der Waals surface area contributed by atoms with E-state index in [2.05, 4.69) is 72.7 Å². The quantitative estimate of drug-likeness (QED) is 0.713. The summed E-state index contributed by atoms with van der Waals surface area (Å²) < 4.78 is 1.25. The standard InChI is InChI=1S/C18H20N2S/c1-13-8-11-17-16(12-13)20-18(21-17)19-14(2)9-10-15-6-4-3-5-7-15/h3-8,11-12,14H,9-10H2,1-2H3,(H,19,20). The lowest BCUT2D eigenvalue weighted by molar-refractivity contribution is 0.705. The molecule has 1 N–H and O–H groups in total. The monoisotopic (exact) mass is 296 g/mol. The first-order valence-corrected chi connectivity index (χ1v) is 8.20. The summed E-state index contributed by atoms with van der Waals surface area (Å²) in [5.41, 5.74) is 3.75. The third-order valence-corrected chi connectivity index (χ3v) is 4.59. The highest BCUT2D eigenvalue weighted by Gasteiger charge is 2.07. The molecule has 0 amide bonds. The second kappa shape index (κ2) is 6.27. The first-order valence-electron chi connectivity index (χ1n) is 7.38. The van der Waals surface area contributed by atoms with E-state index in [1.807, 2.05) is 0 Å². The maximum absolute atomic E-state index is 4.68. The van der Waals surface area contributed by atoms with Crippen molar-refractivity contribution >= 4 is 26.7 Å². The zero-order valence-electron chi connectivity index (χ0n) is 12.5. The van der Waals surface area contributed by atoms with Crippen LogP contribution in [0.3, 0.4) is 0 Å². The Balaban J connectivity index is 1.62. The second-order valence-electron chi connectivity index (χ2n) is 5.56. The molecular weight excluding hydrogens is 276 g/mol. The third-order valence-electron chi connectivity index (χ3n) is 3.62. The first kappa shape index (κ1) is 14.1. The van der Waals surface area contributed by atoms with Gasteiger partial charge in [0.05, 0.1) is 10.2 Å². The van der Waals surface area contributed by atoms with Gasteiger partial charge in [0.2, 0.25) is 0 Å². The van der Waals surface area contributed by atoms with Crippen LogP contribution in [0.15, 0.2) is 48.5 Å². The topological polar surface area (TPSA) is 24.9 Å². The van der Waals surface area contributed by atoms with Crippen LogP contribution in [0, 0.1) is 6.92 Å². The summed E-state index contributed by atoms with van der Waals surface area (Å²) in [6.45, 7) is 4.33. The van der Waals surface area contributed by atoms with E-state index in [1.165, 1.54) is 15.8 Å². The fourth-order valence-corrected chi connectivity index (χ4v) is 3.37. The summed E-state index contributed by atoms with van der Waals surface area (Å²) in [6, 6.07) is 17.5. The summed E-state index contributed by atoms with van der Waals surface area (Å²) in [4.78, 5) is 4.68. The van der Waals surface area contributed by atoms with Gasteiger partial charge >= 0.3 is 0 Å². The van der Waals surface area contributed by atoms with Crippen LogP contribution >= 0.6 is 11.3 Å². The van der Waals surface area contributed by atoms with Gasteiger partial charge in [-0.2, -0.15) is 0 Å². The van der Waals surface area contributed by atoms with Crippen molar-refractivity contribution in [1.29, 1.82) is 0 Å². The number of hydrogen-bond donors (Lipinski definition) is 1. The maximum atomic E-state index is 4.68. The number of fused-ring (bicyclic) bond motifs is 1. The van der Waals surface area contributed by atoms with Crippen molar-refractivity contribution in [2.75, 3.05) is 5.32 Å². The van der Waals surface area contributed by atoms with Crippen molar-refractivity contribution < 1.29 is 0 Å². The Morgan fingerprint density at radius 3 is 2.76 bits per heavy atom. The molecule has 0 radical (unpaired) electrons. The van der Waals surface area contributed by atoms with Crippen molar-refractivity contribution in [3.05, 3.63) is 59.7 Å². The van der Waals surface area contributed by atoms with E-state index in [4.69, 9.17) is 0 Å². The van der Waals surface area contributed by atoms with Gasteiger partial charge in [-0.15, -0.1) is 0 Å². The molecular formula is C18H20N2S. The van der Waals surface area contributed by atoms with E-state index in [9.17, 15) is 0 Å². The summed E-state index contributed by atoms with van der Waals surface area (Å²) in [5, 5.41) is 4.55. The van der Waals surface area contributed by atoms with Crippen LogP contribution in [0.25, 0.3) is 10.2 Å². The molecule has 0 aliphatic carbocycles. The van der Waals surface area contributed by atoms with Crippen LogP contribution < -0.4 is 5.32 Å². The molecule has 3 aromatic rings.